The smallest absolute Gasteiger partial charge is 0.303 e. The molecule has 5 rings (SSSR count). The molecule has 0 N–H and O–H groups in total. The van der Waals surface area contributed by atoms with E-state index in [1.54, 1.807) is 6.20 Å². The first-order chi connectivity index (χ1) is 52.2. The largest absolute Gasteiger partial charge is 0.463 e. The van der Waals surface area contributed by atoms with Crippen molar-refractivity contribution >= 4 is 89.2 Å². The number of carbonyl (C=O) groups is 11. The number of hydrogen-bond donors (Lipinski definition) is 0. The van der Waals surface area contributed by atoms with Crippen LogP contribution in [0.1, 0.15) is 93.8 Å². The molecular formula is C66H100N6O35S2. The first-order valence-corrected chi connectivity index (χ1v) is 36.9. The van der Waals surface area contributed by atoms with Gasteiger partial charge in [-0.1, -0.05) is 10.4 Å². The Morgan fingerprint density at radius 2 is 0.661 bits per heavy atom. The average molecular weight is 1600 g/mol. The van der Waals surface area contributed by atoms with Crippen molar-refractivity contribution in [2.45, 2.75) is 186 Å². The van der Waals surface area contributed by atoms with Gasteiger partial charge in [0, 0.05) is 87.7 Å². The zero-order chi connectivity index (χ0) is 79.6. The van der Waals surface area contributed by atoms with Crippen LogP contribution in [0.15, 0.2) is 12.4 Å². The predicted molar refractivity (Wildman–Crippen MR) is 365 cm³/mol. The Morgan fingerprint density at radius 1 is 0.349 bits per heavy atom. The molecule has 0 bridgehead atoms. The van der Waals surface area contributed by atoms with E-state index in [2.05, 4.69) is 20.6 Å². The molecule has 5 heterocycles. The summed E-state index contributed by atoms with van der Waals surface area (Å²) in [7, 11) is 0. The highest BCUT2D eigenvalue weighted by atomic mass is 32.2. The Morgan fingerprint density at radius 3 is 1.03 bits per heavy atom. The molecule has 3 aliphatic heterocycles. The van der Waals surface area contributed by atoms with Gasteiger partial charge in [-0.2, -0.15) is 0 Å². The molecule has 109 heavy (non-hydrogen) atoms. The molecule has 0 amide bonds. The van der Waals surface area contributed by atoms with Crippen molar-refractivity contribution in [1.82, 2.24) is 30.0 Å². The summed E-state index contributed by atoms with van der Waals surface area (Å²) in [6.07, 6.45) is -13.1. The molecule has 616 valence electrons. The van der Waals surface area contributed by atoms with E-state index < -0.39 is 156 Å². The summed E-state index contributed by atoms with van der Waals surface area (Å²) in [6.45, 7) is 16.2. The van der Waals surface area contributed by atoms with Crippen molar-refractivity contribution in [3.63, 3.8) is 0 Å². The molecule has 41 nitrogen and oxygen atoms in total. The van der Waals surface area contributed by atoms with Gasteiger partial charge >= 0.3 is 65.7 Å². The summed E-state index contributed by atoms with van der Waals surface area (Å²) in [5.74, 6) is -7.18. The van der Waals surface area contributed by atoms with E-state index in [4.69, 9.17) is 114 Å². The lowest BCUT2D eigenvalue weighted by molar-refractivity contribution is -0.268. The third kappa shape index (κ3) is 35.7. The normalized spacial score (nSPS) is 23.8. The molecule has 0 aromatic carbocycles. The van der Waals surface area contributed by atoms with Gasteiger partial charge in [0.15, 0.2) is 61.2 Å². The SMILES string of the molecule is CC(=O)OC[C@H]1O[C@@H](SCCOCCOCCOCCOCCOCc2cn(C[C@H]3O[C@@H](n4nncc4COCCOCCOCCOCCOCCS[C@@H]4O[C@H](COC(C)=O)[C@H](OC(C)=O)[C@H](OC(C)=O)[C@H]4OC(C)=O)[C@H](OC(C)=O)[C@@H](OC(C)=O)[C@@H]3OC(C)=O)nn2)[C@H](OC(C)=O)[C@@H](OC(C)=O)[C@H]1OC(C)=O. The van der Waals surface area contributed by atoms with E-state index in [1.807, 2.05) is 0 Å². The standard InChI is InChI=1S/C66H100N6O35S2/c1-39(73)94-37-53-56(97-42(4)76)59(100-45(7)79)62(103-48(10)82)65(106-53)108-30-28-90-22-20-86-14-12-84-16-18-88-24-26-92-35-50-33-71(70-68-50)34-52-55(96-41(3)75)58(99-44(6)78)61(102-47(9)81)64(105-52)72-51(32-67-69-72)36-93-27-25-89-19-17-85-13-15-87-21-23-91-29-31-109-66-63(104-49(11)83)60(101-46(8)80)57(98-43(5)77)54(107-66)38-95-40(2)74/h32-33,52-66H,12-31,34-38H2,1-11H3/t52-,53-,54-,55-,56+,57+,58+,59+,60+,61-,62-,63-,64-,65+,66+/m1/s1. The van der Waals surface area contributed by atoms with Crippen LogP contribution in [0.2, 0.25) is 0 Å². The molecular weight excluding hydrogens is 1500 g/mol. The predicted octanol–water partition coefficient (Wildman–Crippen LogP) is 0.0609. The summed E-state index contributed by atoms with van der Waals surface area (Å²) in [5, 5.41) is 16.7. The molecule has 3 fully saturated rings. The topological polar surface area (TPSA) is 471 Å². The minimum Gasteiger partial charge on any atom is -0.463 e. The number of thioether (sulfide) groups is 2. The van der Waals surface area contributed by atoms with Crippen molar-refractivity contribution in [3.8, 4) is 0 Å². The van der Waals surface area contributed by atoms with Gasteiger partial charge in [-0.3, -0.25) is 52.7 Å². The Labute approximate surface area is 636 Å². The zero-order valence-electron chi connectivity index (χ0n) is 62.8. The molecule has 0 unspecified atom stereocenters. The van der Waals surface area contributed by atoms with Gasteiger partial charge in [-0.15, -0.1) is 33.7 Å². The summed E-state index contributed by atoms with van der Waals surface area (Å²) in [6, 6.07) is 0. The van der Waals surface area contributed by atoms with Gasteiger partial charge in [0.2, 0.25) is 0 Å². The lowest BCUT2D eigenvalue weighted by Gasteiger charge is -2.44. The molecule has 0 radical (unpaired) electrons. The van der Waals surface area contributed by atoms with Crippen LogP contribution >= 0.6 is 23.5 Å². The molecule has 15 atom stereocenters. The number of hydrogen-bond acceptors (Lipinski definition) is 41. The van der Waals surface area contributed by atoms with Gasteiger partial charge in [0.25, 0.3) is 0 Å². The first-order valence-electron chi connectivity index (χ1n) is 34.8. The van der Waals surface area contributed by atoms with Crippen LogP contribution in [0.5, 0.6) is 0 Å². The van der Waals surface area contributed by atoms with Gasteiger partial charge in [0.1, 0.15) is 48.1 Å². The van der Waals surface area contributed by atoms with E-state index in [0.717, 1.165) is 48.5 Å². The molecule has 0 aliphatic carbocycles. The van der Waals surface area contributed by atoms with Crippen LogP contribution in [-0.4, -0.2) is 323 Å². The number of esters is 11. The van der Waals surface area contributed by atoms with Crippen molar-refractivity contribution in [3.05, 3.63) is 23.8 Å². The number of rotatable bonds is 52. The molecule has 2 aromatic rings. The maximum Gasteiger partial charge on any atom is 0.303 e. The molecule has 2 aromatic heterocycles. The molecule has 43 heteroatoms. The van der Waals surface area contributed by atoms with Crippen LogP contribution in [-0.2, 0) is 186 Å². The fraction of sp³-hybridized carbons (Fsp3) is 0.773. The van der Waals surface area contributed by atoms with Gasteiger partial charge in [-0.05, 0) is 0 Å². The highest BCUT2D eigenvalue weighted by Crippen LogP contribution is 2.38. The van der Waals surface area contributed by atoms with Gasteiger partial charge in [-0.25, -0.2) is 9.36 Å². The Bertz CT molecular complexity index is 3130. The number of aromatic nitrogens is 6. The Hall–Kier alpha value is -7.37. The minimum atomic E-state index is -1.41. The summed E-state index contributed by atoms with van der Waals surface area (Å²) < 4.78 is 138. The maximum absolute atomic E-state index is 12.7. The van der Waals surface area contributed by atoms with Crippen LogP contribution in [0.4, 0.5) is 0 Å². The van der Waals surface area contributed by atoms with Crippen molar-refractivity contribution in [1.29, 1.82) is 0 Å². The molecule has 0 saturated carbocycles. The second kappa shape index (κ2) is 51.2. The zero-order valence-corrected chi connectivity index (χ0v) is 64.4. The van der Waals surface area contributed by atoms with Gasteiger partial charge in [0.05, 0.1) is 157 Å². The Balaban J connectivity index is 0.961. The van der Waals surface area contributed by atoms with E-state index in [1.165, 1.54) is 66.8 Å². The van der Waals surface area contributed by atoms with Crippen LogP contribution in [0.25, 0.3) is 0 Å². The monoisotopic (exact) mass is 1600 g/mol. The van der Waals surface area contributed by atoms with Crippen LogP contribution in [0, 0.1) is 0 Å². The number of nitrogens with zero attached hydrogens (tertiary/aromatic N) is 6. The van der Waals surface area contributed by atoms with E-state index in [0.29, 0.717) is 22.9 Å². The summed E-state index contributed by atoms with van der Waals surface area (Å²) in [4.78, 5) is 134. The van der Waals surface area contributed by atoms with Crippen LogP contribution in [0.3, 0.4) is 0 Å². The minimum absolute atomic E-state index is 0.0383. The quantitative estimate of drug-likeness (QED) is 0.0480. The molecule has 3 aliphatic rings. The van der Waals surface area contributed by atoms with Crippen molar-refractivity contribution < 1.29 is 166 Å². The maximum atomic E-state index is 12.7. The highest BCUT2D eigenvalue weighted by molar-refractivity contribution is 8.00. The van der Waals surface area contributed by atoms with Gasteiger partial charge < -0.3 is 114 Å². The van der Waals surface area contributed by atoms with E-state index in [9.17, 15) is 52.7 Å². The fourth-order valence-electron chi connectivity index (χ4n) is 10.7. The highest BCUT2D eigenvalue weighted by Gasteiger charge is 2.56. The summed E-state index contributed by atoms with van der Waals surface area (Å²) >= 11 is 2.38. The third-order valence-electron chi connectivity index (χ3n) is 14.8. The molecule has 3 saturated heterocycles. The average Bonchev–Trinajstić information content (AvgIpc) is 1.74. The lowest BCUT2D eigenvalue weighted by atomic mass is 9.96. The number of ether oxygens (including phenoxy) is 24. The summed E-state index contributed by atoms with van der Waals surface area (Å²) in [5.41, 5.74) is -1.07. The molecule has 0 spiro atoms. The lowest BCUT2D eigenvalue weighted by Crippen LogP contribution is -2.61. The fourth-order valence-corrected chi connectivity index (χ4v) is 12.8. The van der Waals surface area contributed by atoms with Crippen LogP contribution < -0.4 is 0 Å². The first kappa shape index (κ1) is 92.2. The van der Waals surface area contributed by atoms with Crippen molar-refractivity contribution in [2.75, 3.05) is 144 Å². The van der Waals surface area contributed by atoms with E-state index in [-0.39, 0.29) is 152 Å². The van der Waals surface area contributed by atoms with E-state index >= 15 is 0 Å². The number of carbonyl (C=O) groups excluding carboxylic acids is 11. The van der Waals surface area contributed by atoms with Crippen molar-refractivity contribution in [2.24, 2.45) is 0 Å². The second-order valence-electron chi connectivity index (χ2n) is 23.8. The second-order valence-corrected chi connectivity index (χ2v) is 26.2. The third-order valence-corrected chi connectivity index (χ3v) is 17.0. The Kier molecular flexibility index (Phi) is 43.4.